The SMILES string of the molecule is N[C@@H](CNOCCCCCCNC(=O)CN(CCN(CC(=O)O)CC(=O)O)CCN(CC(=O)O)CC(=O)O)Cc1ccc(-c2ccccc2)cc1. The zero-order valence-corrected chi connectivity index (χ0v) is 29.0. The number of hydrogen-bond donors (Lipinski definition) is 7. The first-order valence-electron chi connectivity index (χ1n) is 17.0. The number of benzene rings is 2. The molecule has 51 heavy (non-hydrogen) atoms. The standard InChI is InChI=1S/C35H52N6O10/c36-30(20-27-10-12-29(13-11-27)28-8-4-3-5-9-28)21-38-51-19-7-2-1-6-14-37-31(42)22-39(15-17-40(23-32(43)44)24-33(45)46)16-18-41(25-34(47)48)26-35(49)50/h3-5,8-13,30,38H,1-2,6-7,14-26,36H2,(H,37,42)(H,43,44)(H,45,46)(H,47,48)(H,49,50)/t30-/m1/s1. The van der Waals surface area contributed by atoms with Gasteiger partial charge >= 0.3 is 23.9 Å². The second-order valence-corrected chi connectivity index (χ2v) is 12.3. The fourth-order valence-electron chi connectivity index (χ4n) is 5.25. The van der Waals surface area contributed by atoms with E-state index in [9.17, 15) is 24.0 Å². The predicted octanol–water partition coefficient (Wildman–Crippen LogP) is 0.666. The van der Waals surface area contributed by atoms with Gasteiger partial charge in [0.2, 0.25) is 5.91 Å². The fraction of sp³-hybridized carbons (Fsp3) is 0.514. The van der Waals surface area contributed by atoms with Gasteiger partial charge in [0.15, 0.2) is 0 Å². The van der Waals surface area contributed by atoms with E-state index in [0.29, 0.717) is 19.7 Å². The molecule has 2 aromatic rings. The maximum atomic E-state index is 12.7. The predicted molar refractivity (Wildman–Crippen MR) is 189 cm³/mol. The third-order valence-corrected chi connectivity index (χ3v) is 7.77. The van der Waals surface area contributed by atoms with E-state index in [0.717, 1.165) is 43.2 Å². The van der Waals surface area contributed by atoms with Gasteiger partial charge in [0.1, 0.15) is 0 Å². The van der Waals surface area contributed by atoms with Crippen LogP contribution in [0.5, 0.6) is 0 Å². The molecule has 16 heteroatoms. The number of aliphatic carboxylic acids is 4. The molecule has 0 aliphatic heterocycles. The van der Waals surface area contributed by atoms with Crippen molar-refractivity contribution in [2.24, 2.45) is 5.73 Å². The van der Waals surface area contributed by atoms with Crippen molar-refractivity contribution in [2.45, 2.75) is 38.1 Å². The summed E-state index contributed by atoms with van der Waals surface area (Å²) in [5, 5.41) is 39.3. The normalized spacial score (nSPS) is 11.9. The summed E-state index contributed by atoms with van der Waals surface area (Å²) in [5.74, 6) is -5.16. The summed E-state index contributed by atoms with van der Waals surface area (Å²) in [7, 11) is 0. The Morgan fingerprint density at radius 2 is 1.12 bits per heavy atom. The lowest BCUT2D eigenvalue weighted by Gasteiger charge is -2.28. The molecule has 2 rings (SSSR count). The number of carbonyl (C=O) groups is 5. The summed E-state index contributed by atoms with van der Waals surface area (Å²) < 4.78 is 0. The van der Waals surface area contributed by atoms with Gasteiger partial charge in [-0.15, -0.1) is 0 Å². The average Bonchev–Trinajstić information content (AvgIpc) is 3.06. The van der Waals surface area contributed by atoms with Crippen LogP contribution in [0, 0.1) is 0 Å². The molecule has 8 N–H and O–H groups in total. The van der Waals surface area contributed by atoms with Crippen LogP contribution in [-0.2, 0) is 35.2 Å². The van der Waals surface area contributed by atoms with Gasteiger partial charge in [-0.2, -0.15) is 0 Å². The maximum Gasteiger partial charge on any atom is 0.317 e. The number of nitrogens with zero attached hydrogens (tertiary/aromatic N) is 3. The largest absolute Gasteiger partial charge is 0.480 e. The van der Waals surface area contributed by atoms with Gasteiger partial charge in [-0.3, -0.25) is 38.7 Å². The highest BCUT2D eigenvalue weighted by molar-refractivity contribution is 5.78. The van der Waals surface area contributed by atoms with Crippen molar-refractivity contribution >= 4 is 29.8 Å². The van der Waals surface area contributed by atoms with E-state index in [4.69, 9.17) is 31.0 Å². The second-order valence-electron chi connectivity index (χ2n) is 12.3. The average molecular weight is 717 g/mol. The number of amides is 1. The summed E-state index contributed by atoms with van der Waals surface area (Å²) in [6, 6.07) is 18.5. The summed E-state index contributed by atoms with van der Waals surface area (Å²) in [6.07, 6.45) is 4.00. The van der Waals surface area contributed by atoms with Crippen molar-refractivity contribution in [3.63, 3.8) is 0 Å². The minimum atomic E-state index is -1.21. The number of unbranched alkanes of at least 4 members (excludes halogenated alkanes) is 3. The zero-order valence-electron chi connectivity index (χ0n) is 29.0. The molecule has 0 heterocycles. The number of carbonyl (C=O) groups excluding carboxylic acids is 1. The Morgan fingerprint density at radius 3 is 1.65 bits per heavy atom. The van der Waals surface area contributed by atoms with Crippen molar-refractivity contribution in [3.8, 4) is 11.1 Å². The van der Waals surface area contributed by atoms with Crippen LogP contribution in [0.4, 0.5) is 0 Å². The number of nitrogens with one attached hydrogen (secondary N) is 2. The smallest absolute Gasteiger partial charge is 0.317 e. The molecular formula is C35H52N6O10. The molecule has 16 nitrogen and oxygen atoms in total. The molecule has 0 bridgehead atoms. The topological polar surface area (TPSA) is 235 Å². The molecule has 1 atom stereocenters. The third kappa shape index (κ3) is 20.7. The first-order valence-corrected chi connectivity index (χ1v) is 17.0. The molecule has 0 spiro atoms. The molecule has 0 saturated heterocycles. The molecule has 0 aliphatic carbocycles. The summed E-state index contributed by atoms with van der Waals surface area (Å²) >= 11 is 0. The van der Waals surface area contributed by atoms with Crippen LogP contribution in [-0.4, -0.2) is 150 Å². The van der Waals surface area contributed by atoms with Crippen molar-refractivity contribution < 1.29 is 49.2 Å². The first kappa shape index (κ1) is 42.7. The molecular weight excluding hydrogens is 664 g/mol. The Kier molecular flexibility index (Phi) is 20.7. The van der Waals surface area contributed by atoms with E-state index in [1.54, 1.807) is 4.90 Å². The van der Waals surface area contributed by atoms with Crippen molar-refractivity contribution in [2.75, 3.05) is 78.6 Å². The van der Waals surface area contributed by atoms with Gasteiger partial charge in [0.05, 0.1) is 39.3 Å². The molecule has 0 saturated carbocycles. The van der Waals surface area contributed by atoms with Gasteiger partial charge in [0.25, 0.3) is 0 Å². The zero-order chi connectivity index (χ0) is 37.4. The van der Waals surface area contributed by atoms with Gasteiger partial charge in [0, 0.05) is 45.3 Å². The number of carboxylic acid groups (broad SMARTS) is 4. The maximum absolute atomic E-state index is 12.7. The van der Waals surface area contributed by atoms with Crippen molar-refractivity contribution in [3.05, 3.63) is 60.2 Å². The van der Waals surface area contributed by atoms with E-state index in [1.165, 1.54) is 15.4 Å². The highest BCUT2D eigenvalue weighted by Crippen LogP contribution is 2.19. The molecule has 0 aliphatic rings. The van der Waals surface area contributed by atoms with Gasteiger partial charge in [-0.1, -0.05) is 67.4 Å². The number of nitrogens with two attached hydrogens (primary N) is 1. The van der Waals surface area contributed by atoms with Gasteiger partial charge in [-0.25, -0.2) is 5.48 Å². The lowest BCUT2D eigenvalue weighted by molar-refractivity contribution is -0.143. The van der Waals surface area contributed by atoms with E-state index in [2.05, 4.69) is 47.2 Å². The fourth-order valence-corrected chi connectivity index (χ4v) is 5.25. The quantitative estimate of drug-likeness (QED) is 0.0453. The van der Waals surface area contributed by atoms with Crippen LogP contribution in [0.3, 0.4) is 0 Å². The molecule has 0 fully saturated rings. The molecule has 0 radical (unpaired) electrons. The summed E-state index contributed by atoms with van der Waals surface area (Å²) in [5.41, 5.74) is 12.7. The lowest BCUT2D eigenvalue weighted by Crippen LogP contribution is -2.47. The number of hydrogen-bond acceptors (Lipinski definition) is 11. The second kappa shape index (κ2) is 24.7. The Hall–Kier alpha value is -4.45. The van der Waals surface area contributed by atoms with E-state index >= 15 is 0 Å². The third-order valence-electron chi connectivity index (χ3n) is 7.77. The van der Waals surface area contributed by atoms with Crippen LogP contribution in [0.1, 0.15) is 31.2 Å². The van der Waals surface area contributed by atoms with Crippen LogP contribution < -0.4 is 16.5 Å². The lowest BCUT2D eigenvalue weighted by atomic mass is 10.0. The summed E-state index contributed by atoms with van der Waals surface area (Å²) in [6.45, 7) is -0.530. The van der Waals surface area contributed by atoms with Crippen LogP contribution >= 0.6 is 0 Å². The van der Waals surface area contributed by atoms with Crippen LogP contribution in [0.25, 0.3) is 11.1 Å². The van der Waals surface area contributed by atoms with Gasteiger partial charge < -0.3 is 36.3 Å². The minimum absolute atomic E-state index is 0.00951. The molecule has 1 amide bonds. The Bertz CT molecular complexity index is 1280. The van der Waals surface area contributed by atoms with E-state index < -0.39 is 50.1 Å². The van der Waals surface area contributed by atoms with Crippen molar-refractivity contribution in [1.29, 1.82) is 0 Å². The molecule has 0 unspecified atom stereocenters. The van der Waals surface area contributed by atoms with Crippen LogP contribution in [0.15, 0.2) is 54.6 Å². The van der Waals surface area contributed by atoms with E-state index in [1.807, 2.05) is 18.2 Å². The molecule has 0 aromatic heterocycles. The number of hydroxylamine groups is 1. The molecule has 2 aromatic carbocycles. The Morgan fingerprint density at radius 1 is 0.627 bits per heavy atom. The van der Waals surface area contributed by atoms with Crippen LogP contribution in [0.2, 0.25) is 0 Å². The molecule has 282 valence electrons. The number of rotatable bonds is 29. The minimum Gasteiger partial charge on any atom is -0.480 e. The van der Waals surface area contributed by atoms with Crippen molar-refractivity contribution in [1.82, 2.24) is 25.5 Å². The van der Waals surface area contributed by atoms with E-state index in [-0.39, 0.29) is 44.7 Å². The Balaban J connectivity index is 1.66. The summed E-state index contributed by atoms with van der Waals surface area (Å²) in [4.78, 5) is 66.9. The highest BCUT2D eigenvalue weighted by Gasteiger charge is 2.19. The Labute approximate surface area is 298 Å². The van der Waals surface area contributed by atoms with Gasteiger partial charge in [-0.05, 0) is 36.0 Å². The monoisotopic (exact) mass is 716 g/mol. The first-order chi connectivity index (χ1) is 24.4. The highest BCUT2D eigenvalue weighted by atomic mass is 16.6. The number of carboxylic acids is 4.